The number of hydrogen-bond donors (Lipinski definition) is 1. The number of piperazine rings is 1. The summed E-state index contributed by atoms with van der Waals surface area (Å²) in [7, 11) is 0. The van der Waals surface area contributed by atoms with Gasteiger partial charge in [0.1, 0.15) is 12.1 Å². The Morgan fingerprint density at radius 3 is 2.11 bits per heavy atom. The van der Waals surface area contributed by atoms with Crippen molar-refractivity contribution in [2.75, 3.05) is 0 Å². The molecule has 2 saturated carbocycles. The molecule has 3 aliphatic rings. The number of nitrogens with one attached hydrogen (secondary N) is 1. The van der Waals surface area contributed by atoms with Gasteiger partial charge in [-0.25, -0.2) is 0 Å². The van der Waals surface area contributed by atoms with Gasteiger partial charge in [-0.3, -0.25) is 9.59 Å². The van der Waals surface area contributed by atoms with E-state index < -0.39 is 0 Å². The lowest BCUT2D eigenvalue weighted by Crippen LogP contribution is -2.66. The van der Waals surface area contributed by atoms with Crippen LogP contribution in [0.5, 0.6) is 0 Å². The minimum Gasteiger partial charge on any atom is -0.343 e. The summed E-state index contributed by atoms with van der Waals surface area (Å²) in [6, 6.07) is -0.186. The topological polar surface area (TPSA) is 49.4 Å². The number of nitrogens with zero attached hydrogens (tertiary/aromatic N) is 1. The van der Waals surface area contributed by atoms with Crippen molar-refractivity contribution in [2.45, 2.75) is 70.5 Å². The van der Waals surface area contributed by atoms with Crippen molar-refractivity contribution < 1.29 is 9.59 Å². The summed E-state index contributed by atoms with van der Waals surface area (Å²) in [5.41, 5.74) is 0. The van der Waals surface area contributed by atoms with Gasteiger partial charge in [0.2, 0.25) is 11.8 Å². The van der Waals surface area contributed by atoms with Crippen LogP contribution in [0.1, 0.15) is 52.4 Å². The molecule has 19 heavy (non-hydrogen) atoms. The first-order valence-corrected chi connectivity index (χ1v) is 7.79. The zero-order valence-corrected chi connectivity index (χ0v) is 11.9. The van der Waals surface area contributed by atoms with E-state index in [9.17, 15) is 9.59 Å². The fraction of sp³-hybridized carbons (Fsp3) is 0.867. The van der Waals surface area contributed by atoms with E-state index in [2.05, 4.69) is 5.32 Å². The quantitative estimate of drug-likeness (QED) is 0.821. The largest absolute Gasteiger partial charge is 0.343 e. The van der Waals surface area contributed by atoms with Crippen LogP contribution in [0.25, 0.3) is 0 Å². The predicted octanol–water partition coefficient (Wildman–Crippen LogP) is 1.69. The van der Waals surface area contributed by atoms with Gasteiger partial charge in [-0.1, -0.05) is 13.8 Å². The highest BCUT2D eigenvalue weighted by atomic mass is 16.2. The molecule has 0 spiro atoms. The molecular formula is C15H24N2O2. The van der Waals surface area contributed by atoms with E-state index in [0.717, 1.165) is 6.42 Å². The van der Waals surface area contributed by atoms with Gasteiger partial charge < -0.3 is 10.2 Å². The van der Waals surface area contributed by atoms with Crippen molar-refractivity contribution in [3.05, 3.63) is 0 Å². The normalized spacial score (nSPS) is 31.8. The number of carbonyl (C=O) groups is 2. The predicted molar refractivity (Wildman–Crippen MR) is 72.4 cm³/mol. The minimum atomic E-state index is -0.296. The third-order valence-corrected chi connectivity index (χ3v) is 4.83. The highest BCUT2D eigenvalue weighted by Crippen LogP contribution is 2.48. The van der Waals surface area contributed by atoms with Crippen molar-refractivity contribution in [1.29, 1.82) is 0 Å². The summed E-state index contributed by atoms with van der Waals surface area (Å²) < 4.78 is 0. The Bertz CT molecular complexity index is 376. The molecule has 1 N–H and O–H groups in total. The Morgan fingerprint density at radius 1 is 1.11 bits per heavy atom. The molecule has 3 fully saturated rings. The van der Waals surface area contributed by atoms with Crippen molar-refractivity contribution in [3.63, 3.8) is 0 Å². The van der Waals surface area contributed by atoms with Crippen LogP contribution in [0, 0.1) is 11.8 Å². The van der Waals surface area contributed by atoms with Crippen LogP contribution in [-0.2, 0) is 9.59 Å². The van der Waals surface area contributed by atoms with Gasteiger partial charge in [-0.2, -0.15) is 0 Å². The van der Waals surface area contributed by atoms with Gasteiger partial charge >= 0.3 is 0 Å². The summed E-state index contributed by atoms with van der Waals surface area (Å²) in [6.07, 6.45) is 6.36. The van der Waals surface area contributed by atoms with Gasteiger partial charge in [-0.05, 0) is 50.4 Å². The number of rotatable bonds is 5. The van der Waals surface area contributed by atoms with Gasteiger partial charge in [-0.15, -0.1) is 0 Å². The first-order chi connectivity index (χ1) is 9.17. The molecule has 1 heterocycles. The Balaban J connectivity index is 1.88. The molecule has 2 aliphatic carbocycles. The minimum absolute atomic E-state index is 0.0558. The van der Waals surface area contributed by atoms with Crippen molar-refractivity contribution in [1.82, 2.24) is 10.2 Å². The average molecular weight is 264 g/mol. The molecule has 106 valence electrons. The molecule has 4 heteroatoms. The molecule has 1 aliphatic heterocycles. The van der Waals surface area contributed by atoms with Crippen molar-refractivity contribution >= 4 is 11.8 Å². The van der Waals surface area contributed by atoms with E-state index >= 15 is 0 Å². The molecule has 0 aromatic heterocycles. The van der Waals surface area contributed by atoms with Crippen LogP contribution < -0.4 is 5.32 Å². The second kappa shape index (κ2) is 4.80. The lowest BCUT2D eigenvalue weighted by Gasteiger charge is -2.43. The van der Waals surface area contributed by atoms with Gasteiger partial charge in [0.05, 0.1) is 0 Å². The summed E-state index contributed by atoms with van der Waals surface area (Å²) in [5.74, 6) is 1.54. The van der Waals surface area contributed by atoms with E-state index in [1.54, 1.807) is 0 Å². The molecule has 1 saturated heterocycles. The van der Waals surface area contributed by atoms with Gasteiger partial charge in [0, 0.05) is 6.04 Å². The summed E-state index contributed by atoms with van der Waals surface area (Å²) in [4.78, 5) is 26.9. The summed E-state index contributed by atoms with van der Waals surface area (Å²) >= 11 is 0. The monoisotopic (exact) mass is 264 g/mol. The van der Waals surface area contributed by atoms with Crippen LogP contribution in [0.15, 0.2) is 0 Å². The standard InChI is InChI=1S/C15H24N2O2/c1-3-11-15(19)17(12(4-2)14(18)16-11)13(9-5-6-9)10-7-8-10/h9-13H,3-8H2,1-2H3,(H,16,18). The number of hydrogen-bond acceptors (Lipinski definition) is 2. The molecular weight excluding hydrogens is 240 g/mol. The fourth-order valence-corrected chi connectivity index (χ4v) is 3.52. The molecule has 3 rings (SSSR count). The zero-order chi connectivity index (χ0) is 13.6. The van der Waals surface area contributed by atoms with E-state index in [0.29, 0.717) is 24.3 Å². The van der Waals surface area contributed by atoms with E-state index in [-0.39, 0.29) is 23.9 Å². The van der Waals surface area contributed by atoms with E-state index in [4.69, 9.17) is 0 Å². The second-order valence-corrected chi connectivity index (χ2v) is 6.30. The lowest BCUT2D eigenvalue weighted by molar-refractivity contribution is -0.153. The molecule has 0 bridgehead atoms. The molecule has 0 aromatic rings. The molecule has 0 aromatic carbocycles. The Kier molecular flexibility index (Phi) is 3.27. The van der Waals surface area contributed by atoms with E-state index in [1.807, 2.05) is 18.7 Å². The van der Waals surface area contributed by atoms with Crippen LogP contribution in [0.3, 0.4) is 0 Å². The highest BCUT2D eigenvalue weighted by Gasteiger charge is 2.51. The number of amides is 2. The maximum Gasteiger partial charge on any atom is 0.246 e. The highest BCUT2D eigenvalue weighted by molar-refractivity contribution is 5.97. The van der Waals surface area contributed by atoms with Crippen molar-refractivity contribution in [3.8, 4) is 0 Å². The summed E-state index contributed by atoms with van der Waals surface area (Å²) in [5, 5.41) is 2.89. The van der Waals surface area contributed by atoms with E-state index in [1.165, 1.54) is 25.7 Å². The third kappa shape index (κ3) is 2.26. The van der Waals surface area contributed by atoms with Crippen LogP contribution in [0.4, 0.5) is 0 Å². The van der Waals surface area contributed by atoms with Gasteiger partial charge in [0.15, 0.2) is 0 Å². The van der Waals surface area contributed by atoms with Crippen LogP contribution >= 0.6 is 0 Å². The first kappa shape index (κ1) is 12.9. The number of carbonyl (C=O) groups excluding carboxylic acids is 2. The maximum absolute atomic E-state index is 12.7. The van der Waals surface area contributed by atoms with Gasteiger partial charge in [0.25, 0.3) is 0 Å². The molecule has 4 nitrogen and oxygen atoms in total. The first-order valence-electron chi connectivity index (χ1n) is 7.79. The van der Waals surface area contributed by atoms with Crippen LogP contribution in [-0.4, -0.2) is 34.8 Å². The molecule has 2 amide bonds. The molecule has 2 unspecified atom stereocenters. The fourth-order valence-electron chi connectivity index (χ4n) is 3.52. The third-order valence-electron chi connectivity index (χ3n) is 4.83. The average Bonchev–Trinajstić information content (AvgIpc) is 3.26. The van der Waals surface area contributed by atoms with Crippen LogP contribution in [0.2, 0.25) is 0 Å². The zero-order valence-electron chi connectivity index (χ0n) is 11.9. The SMILES string of the molecule is CCC1NC(=O)C(CC)N(C(C2CC2)C2CC2)C1=O. The lowest BCUT2D eigenvalue weighted by atomic mass is 9.96. The Morgan fingerprint density at radius 2 is 1.68 bits per heavy atom. The molecule has 0 radical (unpaired) electrons. The maximum atomic E-state index is 12.7. The van der Waals surface area contributed by atoms with Crippen molar-refractivity contribution in [2.24, 2.45) is 11.8 Å². The molecule has 2 atom stereocenters. The Labute approximate surface area is 114 Å². The second-order valence-electron chi connectivity index (χ2n) is 6.30. The smallest absolute Gasteiger partial charge is 0.246 e. The Hall–Kier alpha value is -1.06. The summed E-state index contributed by atoms with van der Waals surface area (Å²) in [6.45, 7) is 3.98.